The summed E-state index contributed by atoms with van der Waals surface area (Å²) in [6.07, 6.45) is 3.47. The van der Waals surface area contributed by atoms with Gasteiger partial charge in [-0.05, 0) is 31.0 Å². The van der Waals surface area contributed by atoms with E-state index in [4.69, 9.17) is 4.74 Å². The van der Waals surface area contributed by atoms with Crippen LogP contribution in [-0.4, -0.2) is 28.9 Å². The Morgan fingerprint density at radius 3 is 2.77 bits per heavy atom. The molecule has 1 saturated carbocycles. The molecule has 1 amide bonds. The number of benzene rings is 1. The van der Waals surface area contributed by atoms with Crippen LogP contribution in [0.3, 0.4) is 0 Å². The second-order valence-corrected chi connectivity index (χ2v) is 5.32. The molecule has 1 aromatic heterocycles. The highest BCUT2D eigenvalue weighted by atomic mass is 19.1. The highest BCUT2D eigenvalue weighted by molar-refractivity contribution is 5.96. The number of hydrogen-bond acceptors (Lipinski definition) is 3. The van der Waals surface area contributed by atoms with E-state index in [1.165, 1.54) is 13.2 Å². The minimum Gasteiger partial charge on any atom is -0.480 e. The van der Waals surface area contributed by atoms with Crippen molar-refractivity contribution in [3.63, 3.8) is 0 Å². The Morgan fingerprint density at radius 1 is 1.32 bits per heavy atom. The molecule has 1 aliphatic rings. The van der Waals surface area contributed by atoms with Crippen LogP contribution in [0, 0.1) is 5.82 Å². The first-order valence-corrected chi connectivity index (χ1v) is 7.24. The molecule has 1 heterocycles. The summed E-state index contributed by atoms with van der Waals surface area (Å²) in [7, 11) is 1.48. The van der Waals surface area contributed by atoms with Crippen molar-refractivity contribution in [3.05, 3.63) is 59.5 Å². The quantitative estimate of drug-likeness (QED) is 0.852. The summed E-state index contributed by atoms with van der Waals surface area (Å²) in [6.45, 7) is 0.258. The molecule has 1 fully saturated rings. The van der Waals surface area contributed by atoms with Crippen LogP contribution in [0.5, 0.6) is 5.88 Å². The standard InChI is InChI=1S/C17H17FN2O2/c1-22-16-14(6-4-10-19-16)17(21)20(13-8-9-13)11-12-5-2-3-7-15(12)18/h2-7,10,13H,8-9,11H2,1H3. The first-order valence-electron chi connectivity index (χ1n) is 7.24. The van der Waals surface area contributed by atoms with Gasteiger partial charge in [0.25, 0.3) is 5.91 Å². The van der Waals surface area contributed by atoms with E-state index < -0.39 is 0 Å². The number of hydrogen-bond donors (Lipinski definition) is 0. The van der Waals surface area contributed by atoms with E-state index in [0.29, 0.717) is 17.0 Å². The van der Waals surface area contributed by atoms with Gasteiger partial charge in [-0.15, -0.1) is 0 Å². The van der Waals surface area contributed by atoms with Gasteiger partial charge in [-0.2, -0.15) is 0 Å². The lowest BCUT2D eigenvalue weighted by Gasteiger charge is -2.23. The van der Waals surface area contributed by atoms with E-state index in [9.17, 15) is 9.18 Å². The van der Waals surface area contributed by atoms with Crippen LogP contribution in [0.2, 0.25) is 0 Å². The SMILES string of the molecule is COc1ncccc1C(=O)N(Cc1ccccc1F)C1CC1. The number of halogens is 1. The molecule has 0 saturated heterocycles. The van der Waals surface area contributed by atoms with Crippen molar-refractivity contribution in [2.75, 3.05) is 7.11 Å². The van der Waals surface area contributed by atoms with Crippen LogP contribution < -0.4 is 4.74 Å². The summed E-state index contributed by atoms with van der Waals surface area (Å²) >= 11 is 0. The van der Waals surface area contributed by atoms with Crippen LogP contribution in [0.4, 0.5) is 4.39 Å². The summed E-state index contributed by atoms with van der Waals surface area (Å²) in [4.78, 5) is 18.6. The van der Waals surface area contributed by atoms with E-state index in [1.807, 2.05) is 0 Å². The van der Waals surface area contributed by atoms with Gasteiger partial charge in [0, 0.05) is 24.3 Å². The lowest BCUT2D eigenvalue weighted by Crippen LogP contribution is -2.33. The molecule has 3 rings (SSSR count). The van der Waals surface area contributed by atoms with Crippen molar-refractivity contribution in [2.24, 2.45) is 0 Å². The molecular formula is C17H17FN2O2. The zero-order valence-corrected chi connectivity index (χ0v) is 12.3. The molecule has 22 heavy (non-hydrogen) atoms. The van der Waals surface area contributed by atoms with Gasteiger partial charge in [0.15, 0.2) is 0 Å². The van der Waals surface area contributed by atoms with Crippen LogP contribution in [0.1, 0.15) is 28.8 Å². The lowest BCUT2D eigenvalue weighted by molar-refractivity contribution is 0.0724. The van der Waals surface area contributed by atoms with Crippen molar-refractivity contribution < 1.29 is 13.9 Å². The van der Waals surface area contributed by atoms with Crippen molar-refractivity contribution in [1.82, 2.24) is 9.88 Å². The molecule has 0 N–H and O–H groups in total. The third-order valence-corrected chi connectivity index (χ3v) is 3.74. The minimum atomic E-state index is -0.292. The number of ether oxygens (including phenoxy) is 1. The van der Waals surface area contributed by atoms with Crippen LogP contribution in [-0.2, 0) is 6.54 Å². The number of pyridine rings is 1. The average molecular weight is 300 g/mol. The Balaban J connectivity index is 1.88. The fourth-order valence-electron chi connectivity index (χ4n) is 2.43. The number of amides is 1. The summed E-state index contributed by atoms with van der Waals surface area (Å²) in [5.41, 5.74) is 0.929. The summed E-state index contributed by atoms with van der Waals surface area (Å²) in [6, 6.07) is 10.1. The zero-order valence-electron chi connectivity index (χ0n) is 12.3. The van der Waals surface area contributed by atoms with Crippen molar-refractivity contribution in [3.8, 4) is 5.88 Å². The predicted octanol–water partition coefficient (Wildman–Crippen LogP) is 3.03. The first kappa shape index (κ1) is 14.5. The Labute approximate surface area is 128 Å². The largest absolute Gasteiger partial charge is 0.480 e. The number of rotatable bonds is 5. The molecule has 0 unspecified atom stereocenters. The molecule has 0 aliphatic heterocycles. The third kappa shape index (κ3) is 2.93. The normalized spacial score (nSPS) is 13.7. The van der Waals surface area contributed by atoms with Gasteiger partial charge in [-0.3, -0.25) is 4.79 Å². The molecular weight excluding hydrogens is 283 g/mol. The van der Waals surface area contributed by atoms with Gasteiger partial charge >= 0.3 is 0 Å². The topological polar surface area (TPSA) is 42.4 Å². The summed E-state index contributed by atoms with van der Waals surface area (Å²) in [5, 5.41) is 0. The van der Waals surface area contributed by atoms with E-state index in [-0.39, 0.29) is 24.3 Å². The van der Waals surface area contributed by atoms with Crippen molar-refractivity contribution in [1.29, 1.82) is 0 Å². The van der Waals surface area contributed by atoms with E-state index in [1.54, 1.807) is 41.4 Å². The number of nitrogens with zero attached hydrogens (tertiary/aromatic N) is 2. The molecule has 5 heteroatoms. The Kier molecular flexibility index (Phi) is 4.04. The van der Waals surface area contributed by atoms with Crippen LogP contribution >= 0.6 is 0 Å². The van der Waals surface area contributed by atoms with Gasteiger partial charge in [0.2, 0.25) is 5.88 Å². The van der Waals surface area contributed by atoms with Crippen molar-refractivity contribution >= 4 is 5.91 Å². The number of carbonyl (C=O) groups excluding carboxylic acids is 1. The fraction of sp³-hybridized carbons (Fsp3) is 0.294. The molecule has 0 spiro atoms. The van der Waals surface area contributed by atoms with Gasteiger partial charge in [-0.1, -0.05) is 18.2 Å². The Bertz CT molecular complexity index is 686. The molecule has 2 aromatic rings. The molecule has 0 bridgehead atoms. The lowest BCUT2D eigenvalue weighted by atomic mass is 10.1. The van der Waals surface area contributed by atoms with E-state index in [2.05, 4.69) is 4.98 Å². The Hall–Kier alpha value is -2.43. The van der Waals surface area contributed by atoms with Crippen LogP contribution in [0.25, 0.3) is 0 Å². The van der Waals surface area contributed by atoms with E-state index >= 15 is 0 Å². The Morgan fingerprint density at radius 2 is 2.09 bits per heavy atom. The maximum atomic E-state index is 13.9. The minimum absolute atomic E-state index is 0.164. The third-order valence-electron chi connectivity index (χ3n) is 3.74. The smallest absolute Gasteiger partial charge is 0.259 e. The second-order valence-electron chi connectivity index (χ2n) is 5.32. The summed E-state index contributed by atoms with van der Waals surface area (Å²) < 4.78 is 19.0. The molecule has 0 atom stereocenters. The fourth-order valence-corrected chi connectivity index (χ4v) is 2.43. The van der Waals surface area contributed by atoms with Gasteiger partial charge in [0.1, 0.15) is 11.4 Å². The predicted molar refractivity (Wildman–Crippen MR) is 80.1 cm³/mol. The molecule has 4 nitrogen and oxygen atoms in total. The number of methoxy groups -OCH3 is 1. The van der Waals surface area contributed by atoms with E-state index in [0.717, 1.165) is 12.8 Å². The highest BCUT2D eigenvalue weighted by Gasteiger charge is 2.34. The first-order chi connectivity index (χ1) is 10.7. The molecule has 0 radical (unpaired) electrons. The maximum Gasteiger partial charge on any atom is 0.259 e. The second kappa shape index (κ2) is 6.13. The highest BCUT2D eigenvalue weighted by Crippen LogP contribution is 2.31. The van der Waals surface area contributed by atoms with Gasteiger partial charge < -0.3 is 9.64 Å². The average Bonchev–Trinajstić information content (AvgIpc) is 3.38. The number of carbonyl (C=O) groups is 1. The maximum absolute atomic E-state index is 13.9. The molecule has 1 aromatic carbocycles. The number of aromatic nitrogens is 1. The summed E-state index contributed by atoms with van der Waals surface area (Å²) in [5.74, 6) is -0.165. The van der Waals surface area contributed by atoms with Gasteiger partial charge in [-0.25, -0.2) is 9.37 Å². The molecule has 114 valence electrons. The zero-order chi connectivity index (χ0) is 15.5. The van der Waals surface area contributed by atoms with Crippen LogP contribution in [0.15, 0.2) is 42.6 Å². The monoisotopic (exact) mass is 300 g/mol. The molecule has 1 aliphatic carbocycles. The van der Waals surface area contributed by atoms with Crippen molar-refractivity contribution in [2.45, 2.75) is 25.4 Å². The van der Waals surface area contributed by atoms with Gasteiger partial charge in [0.05, 0.1) is 7.11 Å².